The third kappa shape index (κ3) is 2.18. The summed E-state index contributed by atoms with van der Waals surface area (Å²) in [6.07, 6.45) is 9.09. The summed E-state index contributed by atoms with van der Waals surface area (Å²) in [5, 5.41) is 0. The van der Waals surface area contributed by atoms with Gasteiger partial charge in [0.25, 0.3) is 0 Å². The molecule has 0 aliphatic heterocycles. The molecule has 19 heavy (non-hydrogen) atoms. The van der Waals surface area contributed by atoms with Crippen molar-refractivity contribution in [2.75, 3.05) is 0 Å². The summed E-state index contributed by atoms with van der Waals surface area (Å²) in [5.74, 6) is 4.27. The topological polar surface area (TPSA) is 0 Å². The van der Waals surface area contributed by atoms with Gasteiger partial charge in [0.2, 0.25) is 0 Å². The van der Waals surface area contributed by atoms with Crippen LogP contribution < -0.4 is 0 Å². The van der Waals surface area contributed by atoms with Gasteiger partial charge >= 0.3 is 0 Å². The molecule has 0 heterocycles. The normalized spacial score (nSPS) is 48.9. The molecular formula is C19H34. The maximum Gasteiger partial charge on any atom is -0.0274 e. The molecule has 0 N–H and O–H groups in total. The van der Waals surface area contributed by atoms with Crippen LogP contribution in [0.2, 0.25) is 0 Å². The van der Waals surface area contributed by atoms with Crippen LogP contribution in [0, 0.1) is 39.9 Å². The predicted octanol–water partition coefficient (Wildman–Crippen LogP) is 5.91. The Labute approximate surface area is 120 Å². The van der Waals surface area contributed by atoms with Gasteiger partial charge < -0.3 is 0 Å². The average Bonchev–Trinajstić information content (AvgIpc) is 2.48. The second kappa shape index (κ2) is 4.01. The molecule has 0 aromatic heterocycles. The molecule has 3 aliphatic carbocycles. The summed E-state index contributed by atoms with van der Waals surface area (Å²) in [5.41, 5.74) is 1.68. The van der Waals surface area contributed by atoms with Crippen molar-refractivity contribution in [1.29, 1.82) is 0 Å². The van der Waals surface area contributed by atoms with E-state index in [9.17, 15) is 0 Å². The molecule has 3 aliphatic rings. The number of fused-ring (bicyclic) bond motifs is 5. The van der Waals surface area contributed by atoms with Crippen LogP contribution in [-0.2, 0) is 0 Å². The Morgan fingerprint density at radius 2 is 1.42 bits per heavy atom. The molecule has 0 nitrogen and oxygen atoms in total. The van der Waals surface area contributed by atoms with E-state index in [-0.39, 0.29) is 0 Å². The smallest absolute Gasteiger partial charge is 0.0274 e. The van der Waals surface area contributed by atoms with Crippen LogP contribution in [0.5, 0.6) is 0 Å². The van der Waals surface area contributed by atoms with Crippen molar-refractivity contribution in [3.8, 4) is 0 Å². The standard InChI is InChI=1S/C19H34/c1-17(2,3)19(6)8-7-15-13-9-14(16(15)12-19)11-18(4,5)10-13/h13-16H,7-12H2,1-6H3. The van der Waals surface area contributed by atoms with Gasteiger partial charge in [0.1, 0.15) is 0 Å². The van der Waals surface area contributed by atoms with Crippen molar-refractivity contribution >= 4 is 0 Å². The SMILES string of the molecule is CC1(C)CC2CC(C1)C1CC(C)(C(C)(C)C)CCC21. The van der Waals surface area contributed by atoms with E-state index in [2.05, 4.69) is 41.5 Å². The predicted molar refractivity (Wildman–Crippen MR) is 83.0 cm³/mol. The monoisotopic (exact) mass is 262 g/mol. The molecular weight excluding hydrogens is 228 g/mol. The van der Waals surface area contributed by atoms with Crippen LogP contribution >= 0.6 is 0 Å². The Hall–Kier alpha value is 0. The van der Waals surface area contributed by atoms with Crippen LogP contribution in [0.3, 0.4) is 0 Å². The highest BCUT2D eigenvalue weighted by atomic mass is 14.6. The fourth-order valence-electron chi connectivity index (χ4n) is 5.97. The van der Waals surface area contributed by atoms with Crippen molar-refractivity contribution in [2.45, 2.75) is 80.1 Å². The Morgan fingerprint density at radius 3 is 2.00 bits per heavy atom. The van der Waals surface area contributed by atoms with Gasteiger partial charge in [-0.2, -0.15) is 0 Å². The zero-order valence-corrected chi connectivity index (χ0v) is 14.1. The average molecular weight is 262 g/mol. The minimum Gasteiger partial charge on any atom is -0.0599 e. The summed E-state index contributed by atoms with van der Waals surface area (Å²) in [4.78, 5) is 0. The number of hydrogen-bond donors (Lipinski definition) is 0. The van der Waals surface area contributed by atoms with Crippen molar-refractivity contribution in [2.24, 2.45) is 39.9 Å². The molecule has 0 saturated heterocycles. The molecule has 0 heteroatoms. The quantitative estimate of drug-likeness (QED) is 0.509. The van der Waals surface area contributed by atoms with Crippen molar-refractivity contribution in [1.82, 2.24) is 0 Å². The maximum atomic E-state index is 2.58. The van der Waals surface area contributed by atoms with E-state index in [0.717, 1.165) is 23.7 Å². The van der Waals surface area contributed by atoms with Gasteiger partial charge in [-0.05, 0) is 78.4 Å². The van der Waals surface area contributed by atoms with Crippen LogP contribution in [0.15, 0.2) is 0 Å². The van der Waals surface area contributed by atoms with E-state index in [1.54, 1.807) is 6.42 Å². The second-order valence-corrected chi connectivity index (χ2v) is 10.2. The molecule has 2 bridgehead atoms. The first kappa shape index (κ1) is 14.0. The molecule has 3 fully saturated rings. The van der Waals surface area contributed by atoms with Crippen molar-refractivity contribution in [3.63, 3.8) is 0 Å². The van der Waals surface area contributed by atoms with Crippen LogP contribution in [0.1, 0.15) is 80.1 Å². The first-order chi connectivity index (χ1) is 8.61. The van der Waals surface area contributed by atoms with E-state index >= 15 is 0 Å². The fourth-order valence-corrected chi connectivity index (χ4v) is 5.97. The Kier molecular flexibility index (Phi) is 2.95. The van der Waals surface area contributed by atoms with E-state index in [1.165, 1.54) is 32.1 Å². The van der Waals surface area contributed by atoms with E-state index in [4.69, 9.17) is 0 Å². The Bertz CT molecular complexity index is 359. The summed E-state index contributed by atoms with van der Waals surface area (Å²) in [7, 11) is 0. The first-order valence-electron chi connectivity index (χ1n) is 8.61. The summed E-state index contributed by atoms with van der Waals surface area (Å²) in [6, 6.07) is 0. The highest BCUT2D eigenvalue weighted by Gasteiger charge is 2.55. The van der Waals surface area contributed by atoms with E-state index in [1.807, 2.05) is 0 Å². The third-order valence-corrected chi connectivity index (χ3v) is 7.52. The lowest BCUT2D eigenvalue weighted by atomic mass is 9.55. The highest BCUT2D eigenvalue weighted by molar-refractivity contribution is 5.05. The lowest BCUT2D eigenvalue weighted by Gasteiger charge is -2.50. The zero-order valence-electron chi connectivity index (χ0n) is 14.1. The summed E-state index contributed by atoms with van der Waals surface area (Å²) < 4.78 is 0. The summed E-state index contributed by atoms with van der Waals surface area (Å²) in [6.45, 7) is 15.0. The Balaban J connectivity index is 1.83. The molecule has 0 aromatic carbocycles. The van der Waals surface area contributed by atoms with E-state index < -0.39 is 0 Å². The highest BCUT2D eigenvalue weighted by Crippen LogP contribution is 2.64. The zero-order chi connectivity index (χ0) is 14.1. The van der Waals surface area contributed by atoms with Crippen molar-refractivity contribution < 1.29 is 0 Å². The first-order valence-corrected chi connectivity index (χ1v) is 8.61. The van der Waals surface area contributed by atoms with Crippen LogP contribution in [0.25, 0.3) is 0 Å². The molecule has 0 spiro atoms. The van der Waals surface area contributed by atoms with Crippen LogP contribution in [-0.4, -0.2) is 0 Å². The Morgan fingerprint density at radius 1 is 0.842 bits per heavy atom. The maximum absolute atomic E-state index is 2.58. The van der Waals surface area contributed by atoms with Gasteiger partial charge in [-0.15, -0.1) is 0 Å². The van der Waals surface area contributed by atoms with Gasteiger partial charge in [0, 0.05) is 0 Å². The van der Waals surface area contributed by atoms with Gasteiger partial charge in [-0.3, -0.25) is 0 Å². The van der Waals surface area contributed by atoms with Gasteiger partial charge in [0.05, 0.1) is 0 Å². The van der Waals surface area contributed by atoms with Gasteiger partial charge in [0.15, 0.2) is 0 Å². The molecule has 0 aromatic rings. The largest absolute Gasteiger partial charge is 0.0599 e. The molecule has 0 radical (unpaired) electrons. The van der Waals surface area contributed by atoms with E-state index in [0.29, 0.717) is 16.2 Å². The van der Waals surface area contributed by atoms with Crippen LogP contribution in [0.4, 0.5) is 0 Å². The molecule has 5 unspecified atom stereocenters. The molecule has 3 saturated carbocycles. The third-order valence-electron chi connectivity index (χ3n) is 7.52. The fraction of sp³-hybridized carbons (Fsp3) is 1.00. The second-order valence-electron chi connectivity index (χ2n) is 10.2. The lowest BCUT2D eigenvalue weighted by molar-refractivity contribution is 0.000481. The molecule has 110 valence electrons. The van der Waals surface area contributed by atoms with Crippen molar-refractivity contribution in [3.05, 3.63) is 0 Å². The molecule has 5 atom stereocenters. The number of rotatable bonds is 0. The lowest BCUT2D eigenvalue weighted by Crippen LogP contribution is -2.41. The number of hydrogen-bond acceptors (Lipinski definition) is 0. The summed E-state index contributed by atoms with van der Waals surface area (Å²) >= 11 is 0. The minimum atomic E-state index is 0.476. The van der Waals surface area contributed by atoms with Gasteiger partial charge in [-0.25, -0.2) is 0 Å². The minimum absolute atomic E-state index is 0.476. The molecule has 0 amide bonds. The molecule has 3 rings (SSSR count). The van der Waals surface area contributed by atoms with Gasteiger partial charge in [-0.1, -0.05) is 41.5 Å².